The number of anilines is 1. The number of para-hydroxylation sites is 1. The molecular formula is C24H28ClN7O2. The Hall–Kier alpha value is -3.27. The molecular weight excluding hydrogens is 454 g/mol. The van der Waals surface area contributed by atoms with E-state index in [2.05, 4.69) is 25.2 Å². The van der Waals surface area contributed by atoms with Crippen molar-refractivity contribution in [2.45, 2.75) is 19.4 Å². The van der Waals surface area contributed by atoms with Crippen molar-refractivity contribution in [1.29, 1.82) is 0 Å². The number of aryl methyl sites for hydroxylation is 1. The number of carbonyl (C=O) groups excluding carboxylic acids is 1. The summed E-state index contributed by atoms with van der Waals surface area (Å²) in [7, 11) is 1.94. The molecule has 1 aromatic carbocycles. The third kappa shape index (κ3) is 5.44. The topological polar surface area (TPSA) is 120 Å². The summed E-state index contributed by atoms with van der Waals surface area (Å²) in [4.78, 5) is 25.4. The van der Waals surface area contributed by atoms with Gasteiger partial charge in [-0.05, 0) is 38.2 Å². The maximum atomic E-state index is 12.2. The molecule has 0 fully saturated rings. The number of benzene rings is 1. The summed E-state index contributed by atoms with van der Waals surface area (Å²) in [5.41, 5.74) is 9.26. The summed E-state index contributed by atoms with van der Waals surface area (Å²) in [6.07, 6.45) is 3.22. The fourth-order valence-corrected chi connectivity index (χ4v) is 3.98. The molecule has 0 radical (unpaired) electrons. The van der Waals surface area contributed by atoms with E-state index in [1.54, 1.807) is 12.1 Å². The third-order valence-corrected chi connectivity index (χ3v) is 5.72. The smallest absolute Gasteiger partial charge is 0.252 e. The second kappa shape index (κ2) is 11.2. The van der Waals surface area contributed by atoms with Crippen molar-refractivity contribution in [2.24, 2.45) is 0 Å². The maximum absolute atomic E-state index is 12.2. The molecule has 4 N–H and O–H groups in total. The van der Waals surface area contributed by atoms with Gasteiger partial charge in [-0.1, -0.05) is 29.8 Å². The molecule has 178 valence electrons. The highest BCUT2D eigenvalue weighted by atomic mass is 35.5. The van der Waals surface area contributed by atoms with E-state index in [0.717, 1.165) is 47.1 Å². The SMILES string of the molecule is CNCCCc1nc2c(N)nc3ccccc3c2n1CCOCCNC(=O)c1ccc(Cl)nc1. The number of hydrogen-bond acceptors (Lipinski definition) is 7. The largest absolute Gasteiger partial charge is 0.382 e. The van der Waals surface area contributed by atoms with Gasteiger partial charge in [0.15, 0.2) is 5.82 Å². The molecule has 4 aromatic rings. The molecule has 34 heavy (non-hydrogen) atoms. The fourth-order valence-electron chi connectivity index (χ4n) is 3.87. The van der Waals surface area contributed by atoms with E-state index in [4.69, 9.17) is 27.1 Å². The van der Waals surface area contributed by atoms with Gasteiger partial charge < -0.3 is 25.7 Å². The normalized spacial score (nSPS) is 11.4. The van der Waals surface area contributed by atoms with Crippen LogP contribution in [-0.2, 0) is 17.7 Å². The lowest BCUT2D eigenvalue weighted by molar-refractivity contribution is 0.0908. The van der Waals surface area contributed by atoms with Gasteiger partial charge in [0.25, 0.3) is 5.91 Å². The Kier molecular flexibility index (Phi) is 7.89. The molecule has 0 aliphatic rings. The number of imidazole rings is 1. The Labute approximate surface area is 202 Å². The van der Waals surface area contributed by atoms with Crippen LogP contribution in [0.15, 0.2) is 42.6 Å². The lowest BCUT2D eigenvalue weighted by atomic mass is 10.2. The number of rotatable bonds is 11. The van der Waals surface area contributed by atoms with E-state index in [-0.39, 0.29) is 5.91 Å². The van der Waals surface area contributed by atoms with Gasteiger partial charge in [-0.25, -0.2) is 15.0 Å². The van der Waals surface area contributed by atoms with Crippen LogP contribution >= 0.6 is 11.6 Å². The molecule has 0 atom stereocenters. The Morgan fingerprint density at radius 1 is 1.15 bits per heavy atom. The number of nitrogens with two attached hydrogens (primary N) is 1. The van der Waals surface area contributed by atoms with Crippen LogP contribution in [0.5, 0.6) is 0 Å². The van der Waals surface area contributed by atoms with Gasteiger partial charge >= 0.3 is 0 Å². The third-order valence-electron chi connectivity index (χ3n) is 5.50. The zero-order chi connectivity index (χ0) is 23.9. The van der Waals surface area contributed by atoms with Gasteiger partial charge in [0, 0.05) is 31.1 Å². The Morgan fingerprint density at radius 3 is 2.79 bits per heavy atom. The van der Waals surface area contributed by atoms with Crippen molar-refractivity contribution in [2.75, 3.05) is 39.1 Å². The number of halogens is 1. The first-order valence-corrected chi connectivity index (χ1v) is 11.6. The molecule has 3 aromatic heterocycles. The Balaban J connectivity index is 1.42. The molecule has 0 bridgehead atoms. The number of aromatic nitrogens is 4. The average Bonchev–Trinajstić information content (AvgIpc) is 3.21. The van der Waals surface area contributed by atoms with E-state index in [1.165, 1.54) is 6.20 Å². The van der Waals surface area contributed by atoms with Crippen LogP contribution in [0, 0.1) is 0 Å². The van der Waals surface area contributed by atoms with E-state index in [0.29, 0.717) is 42.8 Å². The number of nitrogen functional groups attached to an aromatic ring is 1. The molecule has 10 heteroatoms. The number of carbonyl (C=O) groups is 1. The first-order valence-electron chi connectivity index (χ1n) is 11.2. The molecule has 3 heterocycles. The summed E-state index contributed by atoms with van der Waals surface area (Å²) in [5.74, 6) is 1.18. The molecule has 4 rings (SSSR count). The van der Waals surface area contributed by atoms with Crippen molar-refractivity contribution in [3.8, 4) is 0 Å². The van der Waals surface area contributed by atoms with Crippen molar-refractivity contribution >= 4 is 45.3 Å². The second-order valence-electron chi connectivity index (χ2n) is 7.84. The van der Waals surface area contributed by atoms with Crippen molar-refractivity contribution < 1.29 is 9.53 Å². The number of hydrogen-bond donors (Lipinski definition) is 3. The summed E-state index contributed by atoms with van der Waals surface area (Å²) in [5, 5.41) is 7.37. The van der Waals surface area contributed by atoms with Crippen LogP contribution in [0.2, 0.25) is 5.15 Å². The molecule has 0 saturated carbocycles. The summed E-state index contributed by atoms with van der Waals surface area (Å²) >= 11 is 5.76. The van der Waals surface area contributed by atoms with Crippen LogP contribution in [0.3, 0.4) is 0 Å². The molecule has 0 spiro atoms. The standard InChI is InChI=1S/C24H28ClN7O2/c1-27-10-4-7-20-31-21-22(17-5-2-3-6-18(17)30-23(21)26)32(20)12-14-34-13-11-28-24(33)16-8-9-19(25)29-15-16/h2-3,5-6,8-9,15,27H,4,7,10-14H2,1H3,(H2,26,30)(H,28,33). The lowest BCUT2D eigenvalue weighted by Gasteiger charge is -2.12. The van der Waals surface area contributed by atoms with Gasteiger partial charge in [0.2, 0.25) is 0 Å². The van der Waals surface area contributed by atoms with Crippen LogP contribution in [0.25, 0.3) is 21.9 Å². The monoisotopic (exact) mass is 481 g/mol. The van der Waals surface area contributed by atoms with Gasteiger partial charge in [0.05, 0.1) is 29.8 Å². The molecule has 0 saturated heterocycles. The predicted octanol–water partition coefficient (Wildman–Crippen LogP) is 2.81. The molecule has 0 aliphatic carbocycles. The van der Waals surface area contributed by atoms with Crippen LogP contribution in [-0.4, -0.2) is 58.8 Å². The number of fused-ring (bicyclic) bond motifs is 3. The number of nitrogens with zero attached hydrogens (tertiary/aromatic N) is 4. The van der Waals surface area contributed by atoms with Crippen molar-refractivity contribution in [3.63, 3.8) is 0 Å². The minimum atomic E-state index is -0.213. The van der Waals surface area contributed by atoms with Crippen molar-refractivity contribution in [1.82, 2.24) is 30.2 Å². The Morgan fingerprint density at radius 2 is 2.00 bits per heavy atom. The van der Waals surface area contributed by atoms with Crippen molar-refractivity contribution in [3.05, 3.63) is 59.1 Å². The zero-order valence-corrected chi connectivity index (χ0v) is 19.8. The van der Waals surface area contributed by atoms with Gasteiger partial charge in [0.1, 0.15) is 16.5 Å². The van der Waals surface area contributed by atoms with E-state index >= 15 is 0 Å². The van der Waals surface area contributed by atoms with E-state index in [9.17, 15) is 4.79 Å². The van der Waals surface area contributed by atoms with Gasteiger partial charge in [-0.3, -0.25) is 4.79 Å². The highest BCUT2D eigenvalue weighted by Crippen LogP contribution is 2.29. The first kappa shape index (κ1) is 23.9. The second-order valence-corrected chi connectivity index (χ2v) is 8.22. The van der Waals surface area contributed by atoms with Crippen LogP contribution in [0.4, 0.5) is 5.82 Å². The molecule has 1 amide bonds. The van der Waals surface area contributed by atoms with E-state index in [1.807, 2.05) is 31.3 Å². The number of nitrogens with one attached hydrogen (secondary N) is 2. The summed E-state index contributed by atoms with van der Waals surface area (Å²) in [6.45, 7) is 2.77. The van der Waals surface area contributed by atoms with Crippen LogP contribution < -0.4 is 16.4 Å². The number of pyridine rings is 2. The molecule has 9 nitrogen and oxygen atoms in total. The summed E-state index contributed by atoms with van der Waals surface area (Å²) in [6, 6.07) is 11.2. The first-order chi connectivity index (χ1) is 16.6. The minimum Gasteiger partial charge on any atom is -0.382 e. The highest BCUT2D eigenvalue weighted by molar-refractivity contribution is 6.29. The molecule has 0 aliphatic heterocycles. The zero-order valence-electron chi connectivity index (χ0n) is 19.1. The van der Waals surface area contributed by atoms with Crippen LogP contribution in [0.1, 0.15) is 22.6 Å². The Bertz CT molecular complexity index is 1270. The predicted molar refractivity (Wildman–Crippen MR) is 134 cm³/mol. The summed E-state index contributed by atoms with van der Waals surface area (Å²) < 4.78 is 8.01. The highest BCUT2D eigenvalue weighted by Gasteiger charge is 2.17. The quantitative estimate of drug-likeness (QED) is 0.222. The fraction of sp³-hybridized carbons (Fsp3) is 0.333. The minimum absolute atomic E-state index is 0.213. The lowest BCUT2D eigenvalue weighted by Crippen LogP contribution is -2.27. The molecule has 0 unspecified atom stereocenters. The number of ether oxygens (including phenoxy) is 1. The maximum Gasteiger partial charge on any atom is 0.252 e. The average molecular weight is 482 g/mol. The number of amides is 1. The van der Waals surface area contributed by atoms with E-state index < -0.39 is 0 Å². The van der Waals surface area contributed by atoms with Gasteiger partial charge in [-0.15, -0.1) is 0 Å². The van der Waals surface area contributed by atoms with Gasteiger partial charge in [-0.2, -0.15) is 0 Å².